The average Bonchev–Trinajstić information content (AvgIpc) is 2.54. The summed E-state index contributed by atoms with van der Waals surface area (Å²) in [7, 11) is 0. The van der Waals surface area contributed by atoms with Crippen molar-refractivity contribution in [3.05, 3.63) is 59.7 Å². The first-order valence-electron chi connectivity index (χ1n) is 7.43. The summed E-state index contributed by atoms with van der Waals surface area (Å²) in [5, 5.41) is 18.8. The van der Waals surface area contributed by atoms with Crippen LogP contribution in [-0.4, -0.2) is 28.1 Å². The lowest BCUT2D eigenvalue weighted by Crippen LogP contribution is -2.44. The quantitative estimate of drug-likeness (QED) is 0.893. The van der Waals surface area contributed by atoms with Gasteiger partial charge in [0, 0.05) is 17.3 Å². The minimum absolute atomic E-state index is 0.0968. The summed E-state index contributed by atoms with van der Waals surface area (Å²) in [6.45, 7) is 1.85. The Morgan fingerprint density at radius 3 is 2.39 bits per heavy atom. The van der Waals surface area contributed by atoms with Gasteiger partial charge in [-0.2, -0.15) is 0 Å². The number of para-hydroxylation sites is 1. The average molecular weight is 311 g/mol. The van der Waals surface area contributed by atoms with Crippen molar-refractivity contribution in [2.45, 2.75) is 25.3 Å². The van der Waals surface area contributed by atoms with E-state index in [1.165, 1.54) is 12.1 Å². The standard InChI is InChI=1S/C18H17NO4/c1-11-10-15(18(22)23)14-4-2-3-5-16(14)19(11)17(21)12-6-8-13(20)9-7-12/h2-9,11,15,20H,10H2,1H3,(H,22,23)/t11-,15-/m0/s1. The van der Waals surface area contributed by atoms with E-state index in [2.05, 4.69) is 0 Å². The minimum Gasteiger partial charge on any atom is -0.508 e. The van der Waals surface area contributed by atoms with Crippen molar-refractivity contribution < 1.29 is 19.8 Å². The third-order valence-electron chi connectivity index (χ3n) is 4.22. The van der Waals surface area contributed by atoms with E-state index in [1.54, 1.807) is 41.3 Å². The zero-order chi connectivity index (χ0) is 16.6. The number of phenolic OH excluding ortho intramolecular Hbond substituents is 1. The molecule has 0 aromatic heterocycles. The van der Waals surface area contributed by atoms with Gasteiger partial charge in [-0.25, -0.2) is 0 Å². The number of rotatable bonds is 2. The fourth-order valence-corrected chi connectivity index (χ4v) is 3.10. The van der Waals surface area contributed by atoms with Crippen LogP contribution in [0.4, 0.5) is 5.69 Å². The largest absolute Gasteiger partial charge is 0.508 e. The van der Waals surface area contributed by atoms with Gasteiger partial charge < -0.3 is 15.1 Å². The first-order chi connectivity index (χ1) is 11.0. The number of anilines is 1. The molecule has 0 spiro atoms. The zero-order valence-corrected chi connectivity index (χ0v) is 12.6. The number of carbonyl (C=O) groups excluding carboxylic acids is 1. The number of amides is 1. The summed E-state index contributed by atoms with van der Waals surface area (Å²) in [5.41, 5.74) is 1.75. The Kier molecular flexibility index (Phi) is 3.78. The Labute approximate surface area is 133 Å². The van der Waals surface area contributed by atoms with E-state index in [-0.39, 0.29) is 17.7 Å². The molecule has 2 aromatic carbocycles. The lowest BCUT2D eigenvalue weighted by atomic mass is 9.85. The topological polar surface area (TPSA) is 77.8 Å². The van der Waals surface area contributed by atoms with Crippen LogP contribution >= 0.6 is 0 Å². The van der Waals surface area contributed by atoms with Crippen LogP contribution in [-0.2, 0) is 4.79 Å². The van der Waals surface area contributed by atoms with Gasteiger partial charge in [0.15, 0.2) is 0 Å². The van der Waals surface area contributed by atoms with Crippen molar-refractivity contribution in [3.8, 4) is 5.75 Å². The highest BCUT2D eigenvalue weighted by Gasteiger charge is 2.37. The Bertz CT molecular complexity index is 754. The molecular formula is C18H17NO4. The number of nitrogens with zero attached hydrogens (tertiary/aromatic N) is 1. The molecule has 0 aliphatic carbocycles. The number of carboxylic acids is 1. The fraction of sp³-hybridized carbons (Fsp3) is 0.222. The van der Waals surface area contributed by atoms with Gasteiger partial charge in [0.2, 0.25) is 0 Å². The predicted octanol–water partition coefficient (Wildman–Crippen LogP) is 3.00. The minimum atomic E-state index is -0.874. The first kappa shape index (κ1) is 15.1. The molecule has 5 nitrogen and oxygen atoms in total. The van der Waals surface area contributed by atoms with Crippen LogP contribution in [0, 0.1) is 0 Å². The highest BCUT2D eigenvalue weighted by atomic mass is 16.4. The smallest absolute Gasteiger partial charge is 0.311 e. The van der Waals surface area contributed by atoms with E-state index >= 15 is 0 Å². The van der Waals surface area contributed by atoms with Crippen molar-refractivity contribution in [3.63, 3.8) is 0 Å². The van der Waals surface area contributed by atoms with Crippen LogP contribution in [0.25, 0.3) is 0 Å². The van der Waals surface area contributed by atoms with Gasteiger partial charge >= 0.3 is 5.97 Å². The van der Waals surface area contributed by atoms with Crippen LogP contribution < -0.4 is 4.90 Å². The van der Waals surface area contributed by atoms with Crippen molar-refractivity contribution >= 4 is 17.6 Å². The number of phenols is 1. The molecule has 1 heterocycles. The molecule has 0 radical (unpaired) electrons. The molecule has 1 aliphatic rings. The van der Waals surface area contributed by atoms with Gasteiger partial charge in [-0.05, 0) is 49.2 Å². The fourth-order valence-electron chi connectivity index (χ4n) is 3.10. The molecule has 3 rings (SSSR count). The summed E-state index contributed by atoms with van der Waals surface area (Å²) in [6, 6.07) is 13.0. The molecule has 118 valence electrons. The van der Waals surface area contributed by atoms with Gasteiger partial charge in [-0.15, -0.1) is 0 Å². The zero-order valence-electron chi connectivity index (χ0n) is 12.6. The van der Waals surface area contributed by atoms with Crippen LogP contribution in [0.5, 0.6) is 5.75 Å². The van der Waals surface area contributed by atoms with E-state index < -0.39 is 11.9 Å². The maximum atomic E-state index is 12.9. The number of carbonyl (C=O) groups is 2. The second-order valence-corrected chi connectivity index (χ2v) is 5.76. The summed E-state index contributed by atoms with van der Waals surface area (Å²) >= 11 is 0. The van der Waals surface area contributed by atoms with Gasteiger partial charge in [-0.1, -0.05) is 18.2 Å². The molecule has 0 bridgehead atoms. The molecule has 2 N–H and O–H groups in total. The highest BCUT2D eigenvalue weighted by molar-refractivity contribution is 6.07. The number of hydrogen-bond acceptors (Lipinski definition) is 3. The van der Waals surface area contributed by atoms with Gasteiger partial charge in [0.25, 0.3) is 5.91 Å². The van der Waals surface area contributed by atoms with E-state index in [0.717, 1.165) is 0 Å². The molecule has 23 heavy (non-hydrogen) atoms. The Hall–Kier alpha value is -2.82. The van der Waals surface area contributed by atoms with Crippen LogP contribution in [0.15, 0.2) is 48.5 Å². The van der Waals surface area contributed by atoms with Gasteiger partial charge in [0.05, 0.1) is 5.92 Å². The van der Waals surface area contributed by atoms with Crippen LogP contribution in [0.2, 0.25) is 0 Å². The monoisotopic (exact) mass is 311 g/mol. The second-order valence-electron chi connectivity index (χ2n) is 5.76. The lowest BCUT2D eigenvalue weighted by Gasteiger charge is -2.38. The molecule has 2 aromatic rings. The summed E-state index contributed by atoms with van der Waals surface area (Å²) < 4.78 is 0. The summed E-state index contributed by atoms with van der Waals surface area (Å²) in [6.07, 6.45) is 0.371. The number of carboxylic acid groups (broad SMARTS) is 1. The van der Waals surface area contributed by atoms with Crippen molar-refractivity contribution in [1.29, 1.82) is 0 Å². The lowest BCUT2D eigenvalue weighted by molar-refractivity contribution is -0.139. The molecule has 0 unspecified atom stereocenters. The van der Waals surface area contributed by atoms with E-state index in [9.17, 15) is 19.8 Å². The Balaban J connectivity index is 2.05. The van der Waals surface area contributed by atoms with E-state index in [4.69, 9.17) is 0 Å². The molecule has 5 heteroatoms. The molecule has 0 saturated carbocycles. The number of aliphatic carboxylic acids is 1. The van der Waals surface area contributed by atoms with Crippen molar-refractivity contribution in [1.82, 2.24) is 0 Å². The SMILES string of the molecule is C[C@H]1C[C@H](C(=O)O)c2ccccc2N1C(=O)c1ccc(O)cc1. The molecule has 2 atom stereocenters. The molecule has 1 aliphatic heterocycles. The Morgan fingerprint density at radius 1 is 1.09 bits per heavy atom. The number of hydrogen-bond donors (Lipinski definition) is 2. The van der Waals surface area contributed by atoms with Crippen molar-refractivity contribution in [2.75, 3.05) is 4.90 Å². The normalized spacial score (nSPS) is 20.0. The van der Waals surface area contributed by atoms with Crippen molar-refractivity contribution in [2.24, 2.45) is 0 Å². The van der Waals surface area contributed by atoms with Gasteiger partial charge in [-0.3, -0.25) is 9.59 Å². The number of fused-ring (bicyclic) bond motifs is 1. The molecule has 1 amide bonds. The third-order valence-corrected chi connectivity index (χ3v) is 4.22. The molecular weight excluding hydrogens is 294 g/mol. The van der Waals surface area contributed by atoms with Crippen LogP contribution in [0.3, 0.4) is 0 Å². The Morgan fingerprint density at radius 2 is 1.74 bits per heavy atom. The van der Waals surface area contributed by atoms with Gasteiger partial charge in [0.1, 0.15) is 5.75 Å². The molecule has 0 fully saturated rings. The van der Waals surface area contributed by atoms with Crippen LogP contribution in [0.1, 0.15) is 35.2 Å². The first-order valence-corrected chi connectivity index (χ1v) is 7.43. The highest BCUT2D eigenvalue weighted by Crippen LogP contribution is 2.39. The molecule has 0 saturated heterocycles. The second kappa shape index (κ2) is 5.76. The predicted molar refractivity (Wildman–Crippen MR) is 85.8 cm³/mol. The maximum Gasteiger partial charge on any atom is 0.311 e. The van der Waals surface area contributed by atoms with E-state index in [1.807, 2.05) is 6.92 Å². The summed E-state index contributed by atoms with van der Waals surface area (Å²) in [4.78, 5) is 26.0. The summed E-state index contributed by atoms with van der Waals surface area (Å²) in [5.74, 6) is -1.58. The maximum absolute atomic E-state index is 12.9. The number of benzene rings is 2. The third kappa shape index (κ3) is 2.65. The number of aromatic hydroxyl groups is 1. The van der Waals surface area contributed by atoms with E-state index in [0.29, 0.717) is 23.2 Å².